The van der Waals surface area contributed by atoms with Gasteiger partial charge in [-0.25, -0.2) is 4.79 Å². The predicted octanol–water partition coefficient (Wildman–Crippen LogP) is 1.09. The van der Waals surface area contributed by atoms with E-state index >= 15 is 0 Å². The molecule has 0 aliphatic heterocycles. The van der Waals surface area contributed by atoms with E-state index in [2.05, 4.69) is 5.32 Å². The molecule has 0 saturated carbocycles. The van der Waals surface area contributed by atoms with Gasteiger partial charge in [-0.1, -0.05) is 13.8 Å². The number of rotatable bonds is 6. The quantitative estimate of drug-likeness (QED) is 0.682. The molecular formula is C13H16N2O4S. The molecule has 0 aromatic carbocycles. The third-order valence-electron chi connectivity index (χ3n) is 2.57. The van der Waals surface area contributed by atoms with E-state index in [-0.39, 0.29) is 5.92 Å². The minimum Gasteiger partial charge on any atom is -0.478 e. The van der Waals surface area contributed by atoms with Gasteiger partial charge in [0.1, 0.15) is 6.04 Å². The van der Waals surface area contributed by atoms with E-state index in [0.29, 0.717) is 10.4 Å². The normalized spacial score (nSPS) is 12.6. The van der Waals surface area contributed by atoms with Gasteiger partial charge in [-0.05, 0) is 29.0 Å². The number of thiophene rings is 1. The molecule has 1 unspecified atom stereocenters. The summed E-state index contributed by atoms with van der Waals surface area (Å²) in [7, 11) is 0. The number of nitrogens with two attached hydrogens (primary N) is 1. The molecule has 0 aliphatic carbocycles. The summed E-state index contributed by atoms with van der Waals surface area (Å²) in [6.45, 7) is 3.55. The number of carbonyl (C=O) groups is 3. The Morgan fingerprint density at radius 3 is 2.55 bits per heavy atom. The van der Waals surface area contributed by atoms with Crippen LogP contribution < -0.4 is 11.1 Å². The average molecular weight is 296 g/mol. The van der Waals surface area contributed by atoms with Crippen molar-refractivity contribution in [3.05, 3.63) is 28.0 Å². The standard InChI is InChI=1S/C13H16N2O4S/c1-7(2)10(12(14)18)15-13(19)11-8(5-6-20-11)3-4-9(16)17/h3-7,10H,1-2H3,(H2,14,18)(H,15,19)(H,16,17)/b4-3+. The van der Waals surface area contributed by atoms with Gasteiger partial charge in [0.15, 0.2) is 0 Å². The Balaban J connectivity index is 2.90. The van der Waals surface area contributed by atoms with E-state index in [9.17, 15) is 14.4 Å². The molecule has 1 aromatic rings. The van der Waals surface area contributed by atoms with Crippen LogP contribution in [-0.4, -0.2) is 28.9 Å². The van der Waals surface area contributed by atoms with Gasteiger partial charge in [-0.3, -0.25) is 9.59 Å². The van der Waals surface area contributed by atoms with Gasteiger partial charge in [0.2, 0.25) is 5.91 Å². The fourth-order valence-electron chi connectivity index (χ4n) is 1.57. The minimum absolute atomic E-state index is 0.130. The first-order chi connectivity index (χ1) is 9.32. The first kappa shape index (κ1) is 15.9. The highest BCUT2D eigenvalue weighted by molar-refractivity contribution is 7.12. The molecule has 0 fully saturated rings. The van der Waals surface area contributed by atoms with Crippen molar-refractivity contribution in [3.63, 3.8) is 0 Å². The second kappa shape index (κ2) is 6.85. The zero-order chi connectivity index (χ0) is 15.3. The topological polar surface area (TPSA) is 109 Å². The summed E-state index contributed by atoms with van der Waals surface area (Å²) in [5.74, 6) is -2.27. The first-order valence-electron chi connectivity index (χ1n) is 5.91. The van der Waals surface area contributed by atoms with Crippen LogP contribution in [0.15, 0.2) is 17.5 Å². The second-order valence-corrected chi connectivity index (χ2v) is 5.39. The maximum atomic E-state index is 12.1. The summed E-state index contributed by atoms with van der Waals surface area (Å²) in [5, 5.41) is 12.8. The van der Waals surface area contributed by atoms with E-state index in [1.54, 1.807) is 25.3 Å². The lowest BCUT2D eigenvalue weighted by atomic mass is 10.0. The lowest BCUT2D eigenvalue weighted by Crippen LogP contribution is -2.47. The monoisotopic (exact) mass is 296 g/mol. The van der Waals surface area contributed by atoms with Crippen molar-refractivity contribution < 1.29 is 19.5 Å². The fourth-order valence-corrected chi connectivity index (χ4v) is 2.36. The van der Waals surface area contributed by atoms with Crippen LogP contribution in [0, 0.1) is 5.92 Å². The maximum absolute atomic E-state index is 12.1. The van der Waals surface area contributed by atoms with Gasteiger partial charge in [-0.2, -0.15) is 0 Å². The van der Waals surface area contributed by atoms with Crippen LogP contribution in [0.5, 0.6) is 0 Å². The Morgan fingerprint density at radius 2 is 2.05 bits per heavy atom. The molecule has 0 saturated heterocycles. The molecule has 1 aromatic heterocycles. The Bertz CT molecular complexity index is 548. The molecule has 4 N–H and O–H groups in total. The number of nitrogens with one attached hydrogen (secondary N) is 1. The van der Waals surface area contributed by atoms with Gasteiger partial charge in [-0.15, -0.1) is 11.3 Å². The minimum atomic E-state index is -1.10. The van der Waals surface area contributed by atoms with Crippen molar-refractivity contribution in [2.75, 3.05) is 0 Å². The number of aliphatic carboxylic acids is 1. The number of primary amides is 1. The van der Waals surface area contributed by atoms with Crippen LogP contribution in [0.3, 0.4) is 0 Å². The van der Waals surface area contributed by atoms with E-state index < -0.39 is 23.8 Å². The van der Waals surface area contributed by atoms with Gasteiger partial charge in [0, 0.05) is 6.08 Å². The highest BCUT2D eigenvalue weighted by Gasteiger charge is 2.23. The third kappa shape index (κ3) is 4.20. The zero-order valence-corrected chi connectivity index (χ0v) is 11.9. The molecule has 108 valence electrons. The number of carbonyl (C=O) groups excluding carboxylic acids is 2. The van der Waals surface area contributed by atoms with Crippen molar-refractivity contribution in [1.29, 1.82) is 0 Å². The van der Waals surface area contributed by atoms with Gasteiger partial charge < -0.3 is 16.2 Å². The second-order valence-electron chi connectivity index (χ2n) is 4.47. The molecule has 0 bridgehead atoms. The fraction of sp³-hybridized carbons (Fsp3) is 0.308. The van der Waals surface area contributed by atoms with Crippen LogP contribution in [-0.2, 0) is 9.59 Å². The molecule has 0 radical (unpaired) electrons. The summed E-state index contributed by atoms with van der Waals surface area (Å²) in [5.41, 5.74) is 5.72. The number of carboxylic acids is 1. The molecule has 0 aliphatic rings. The molecule has 7 heteroatoms. The van der Waals surface area contributed by atoms with Gasteiger partial charge in [0.05, 0.1) is 4.88 Å². The van der Waals surface area contributed by atoms with Crippen molar-refractivity contribution in [3.8, 4) is 0 Å². The highest BCUT2D eigenvalue weighted by Crippen LogP contribution is 2.19. The van der Waals surface area contributed by atoms with E-state index in [4.69, 9.17) is 10.8 Å². The Kier molecular flexibility index (Phi) is 5.45. The molecular weight excluding hydrogens is 280 g/mol. The van der Waals surface area contributed by atoms with E-state index in [1.807, 2.05) is 0 Å². The molecule has 1 atom stereocenters. The summed E-state index contributed by atoms with van der Waals surface area (Å²) in [4.78, 5) is 34.2. The summed E-state index contributed by atoms with van der Waals surface area (Å²) in [6, 6.07) is 0.870. The summed E-state index contributed by atoms with van der Waals surface area (Å²) >= 11 is 1.17. The summed E-state index contributed by atoms with van der Waals surface area (Å²) in [6.07, 6.45) is 2.29. The molecule has 6 nitrogen and oxygen atoms in total. The van der Waals surface area contributed by atoms with Crippen LogP contribution in [0.4, 0.5) is 0 Å². The zero-order valence-electron chi connectivity index (χ0n) is 11.1. The van der Waals surface area contributed by atoms with Crippen molar-refractivity contribution in [1.82, 2.24) is 5.32 Å². The lowest BCUT2D eigenvalue weighted by molar-refractivity contribution is -0.131. The summed E-state index contributed by atoms with van der Waals surface area (Å²) < 4.78 is 0. The number of hydrogen-bond donors (Lipinski definition) is 3. The van der Waals surface area contributed by atoms with Crippen molar-refractivity contribution in [2.45, 2.75) is 19.9 Å². The smallest absolute Gasteiger partial charge is 0.328 e. The van der Waals surface area contributed by atoms with Crippen molar-refractivity contribution >= 4 is 35.2 Å². The predicted molar refractivity (Wildman–Crippen MR) is 76.3 cm³/mol. The number of amides is 2. The van der Waals surface area contributed by atoms with Gasteiger partial charge in [0.25, 0.3) is 5.91 Å². The number of carboxylic acid groups (broad SMARTS) is 1. The Labute approximate surface area is 120 Å². The highest BCUT2D eigenvalue weighted by atomic mass is 32.1. The Morgan fingerprint density at radius 1 is 1.40 bits per heavy atom. The van der Waals surface area contributed by atoms with Crippen LogP contribution >= 0.6 is 11.3 Å². The van der Waals surface area contributed by atoms with Crippen molar-refractivity contribution in [2.24, 2.45) is 11.7 Å². The molecule has 0 spiro atoms. The SMILES string of the molecule is CC(C)C(NC(=O)c1sccc1/C=C/C(=O)O)C(N)=O. The molecule has 2 amide bonds. The maximum Gasteiger partial charge on any atom is 0.328 e. The van der Waals surface area contributed by atoms with Crippen LogP contribution in [0.25, 0.3) is 6.08 Å². The van der Waals surface area contributed by atoms with Crippen LogP contribution in [0.1, 0.15) is 29.1 Å². The average Bonchev–Trinajstić information content (AvgIpc) is 2.80. The lowest BCUT2D eigenvalue weighted by Gasteiger charge is -2.18. The molecule has 1 heterocycles. The van der Waals surface area contributed by atoms with Crippen LogP contribution in [0.2, 0.25) is 0 Å². The molecule has 1 rings (SSSR count). The first-order valence-corrected chi connectivity index (χ1v) is 6.79. The molecule has 20 heavy (non-hydrogen) atoms. The third-order valence-corrected chi connectivity index (χ3v) is 3.50. The Hall–Kier alpha value is -2.15. The van der Waals surface area contributed by atoms with E-state index in [1.165, 1.54) is 17.4 Å². The van der Waals surface area contributed by atoms with Gasteiger partial charge >= 0.3 is 5.97 Å². The van der Waals surface area contributed by atoms with E-state index in [0.717, 1.165) is 6.08 Å². The number of hydrogen-bond acceptors (Lipinski definition) is 4. The largest absolute Gasteiger partial charge is 0.478 e.